The van der Waals surface area contributed by atoms with E-state index in [1.54, 1.807) is 0 Å². The zero-order valence-corrected chi connectivity index (χ0v) is 14.9. The standard InChI is InChI=1S/C20H26N2O2/c1-15-10-16(2)12-18(11-15)24-14-20(23)21-19(13-22(3)4)17-8-6-5-7-9-17/h5-12,19H,13-14H2,1-4H3,(H,21,23)/t19-/m0/s1. The van der Waals surface area contributed by atoms with Gasteiger partial charge in [0, 0.05) is 6.54 Å². The van der Waals surface area contributed by atoms with Crippen molar-refractivity contribution in [1.82, 2.24) is 10.2 Å². The van der Waals surface area contributed by atoms with Crippen LogP contribution >= 0.6 is 0 Å². The molecule has 0 aromatic heterocycles. The molecule has 0 heterocycles. The van der Waals surface area contributed by atoms with E-state index in [0.29, 0.717) is 0 Å². The SMILES string of the molecule is Cc1cc(C)cc(OCC(=O)N[C@@H](CN(C)C)c2ccccc2)c1. The highest BCUT2D eigenvalue weighted by atomic mass is 16.5. The van der Waals surface area contributed by atoms with E-state index in [0.717, 1.165) is 29.0 Å². The van der Waals surface area contributed by atoms with Crippen LogP contribution in [0.5, 0.6) is 5.75 Å². The number of ether oxygens (including phenoxy) is 1. The lowest BCUT2D eigenvalue weighted by molar-refractivity contribution is -0.124. The minimum Gasteiger partial charge on any atom is -0.484 e. The number of carbonyl (C=O) groups excluding carboxylic acids is 1. The average molecular weight is 326 g/mol. The Labute approximate surface area is 144 Å². The van der Waals surface area contributed by atoms with Crippen molar-refractivity contribution in [2.75, 3.05) is 27.2 Å². The summed E-state index contributed by atoms with van der Waals surface area (Å²) < 4.78 is 5.65. The van der Waals surface area contributed by atoms with Crippen molar-refractivity contribution in [2.24, 2.45) is 0 Å². The Morgan fingerprint density at radius 2 is 1.71 bits per heavy atom. The Morgan fingerprint density at radius 1 is 1.08 bits per heavy atom. The largest absolute Gasteiger partial charge is 0.484 e. The lowest BCUT2D eigenvalue weighted by Crippen LogP contribution is -2.37. The molecule has 0 saturated carbocycles. The van der Waals surface area contributed by atoms with Gasteiger partial charge in [-0.25, -0.2) is 0 Å². The minimum atomic E-state index is -0.120. The fourth-order valence-electron chi connectivity index (χ4n) is 2.69. The van der Waals surface area contributed by atoms with Gasteiger partial charge in [-0.1, -0.05) is 36.4 Å². The van der Waals surface area contributed by atoms with E-state index in [1.165, 1.54) is 0 Å². The zero-order chi connectivity index (χ0) is 17.5. The van der Waals surface area contributed by atoms with E-state index in [-0.39, 0.29) is 18.6 Å². The Bertz CT molecular complexity index is 648. The van der Waals surface area contributed by atoms with Gasteiger partial charge in [0.2, 0.25) is 0 Å². The molecule has 1 atom stereocenters. The smallest absolute Gasteiger partial charge is 0.258 e. The molecule has 2 rings (SSSR count). The Hall–Kier alpha value is -2.33. The number of carbonyl (C=O) groups is 1. The third-order valence-electron chi connectivity index (χ3n) is 3.65. The molecule has 24 heavy (non-hydrogen) atoms. The van der Waals surface area contributed by atoms with Crippen LogP contribution < -0.4 is 10.1 Å². The van der Waals surface area contributed by atoms with Gasteiger partial charge >= 0.3 is 0 Å². The second-order valence-corrected chi connectivity index (χ2v) is 6.41. The number of rotatable bonds is 7. The number of hydrogen-bond acceptors (Lipinski definition) is 3. The van der Waals surface area contributed by atoms with Gasteiger partial charge in [-0.3, -0.25) is 4.79 Å². The molecule has 0 aliphatic carbocycles. The highest BCUT2D eigenvalue weighted by Gasteiger charge is 2.15. The molecule has 0 unspecified atom stereocenters. The van der Waals surface area contributed by atoms with Crippen molar-refractivity contribution in [3.8, 4) is 5.75 Å². The van der Waals surface area contributed by atoms with Crippen LogP contribution in [0.1, 0.15) is 22.7 Å². The monoisotopic (exact) mass is 326 g/mol. The normalized spacial score (nSPS) is 12.0. The summed E-state index contributed by atoms with van der Waals surface area (Å²) in [5, 5.41) is 3.06. The molecule has 0 aliphatic heterocycles. The molecule has 2 aromatic carbocycles. The van der Waals surface area contributed by atoms with Crippen LogP contribution in [0, 0.1) is 13.8 Å². The number of nitrogens with zero attached hydrogens (tertiary/aromatic N) is 1. The summed E-state index contributed by atoms with van der Waals surface area (Å²) in [5.41, 5.74) is 3.34. The van der Waals surface area contributed by atoms with Gasteiger partial charge in [-0.2, -0.15) is 0 Å². The first-order chi connectivity index (χ1) is 11.4. The first kappa shape index (κ1) is 18.0. The van der Waals surface area contributed by atoms with Crippen molar-refractivity contribution < 1.29 is 9.53 Å². The predicted molar refractivity (Wildman–Crippen MR) is 97.3 cm³/mol. The van der Waals surface area contributed by atoms with Gasteiger partial charge in [-0.05, 0) is 56.8 Å². The fourth-order valence-corrected chi connectivity index (χ4v) is 2.69. The number of amides is 1. The Morgan fingerprint density at radius 3 is 2.29 bits per heavy atom. The summed E-state index contributed by atoms with van der Waals surface area (Å²) in [4.78, 5) is 14.4. The molecule has 0 spiro atoms. The second kappa shape index (κ2) is 8.50. The molecule has 0 radical (unpaired) electrons. The van der Waals surface area contributed by atoms with Crippen LogP contribution in [0.4, 0.5) is 0 Å². The maximum atomic E-state index is 12.3. The highest BCUT2D eigenvalue weighted by Crippen LogP contribution is 2.17. The van der Waals surface area contributed by atoms with Gasteiger partial charge in [0.25, 0.3) is 5.91 Å². The maximum absolute atomic E-state index is 12.3. The molecule has 0 bridgehead atoms. The molecule has 1 amide bonds. The van der Waals surface area contributed by atoms with Gasteiger partial charge < -0.3 is 15.0 Å². The summed E-state index contributed by atoms with van der Waals surface area (Å²) in [5.74, 6) is 0.608. The van der Waals surface area contributed by atoms with Gasteiger partial charge in [-0.15, -0.1) is 0 Å². The van der Waals surface area contributed by atoms with Gasteiger partial charge in [0.05, 0.1) is 6.04 Å². The van der Waals surface area contributed by atoms with E-state index in [1.807, 2.05) is 70.4 Å². The van der Waals surface area contributed by atoms with Crippen LogP contribution in [0.25, 0.3) is 0 Å². The molecule has 128 valence electrons. The summed E-state index contributed by atoms with van der Waals surface area (Å²) in [6.45, 7) is 4.78. The number of likely N-dealkylation sites (N-methyl/N-ethyl adjacent to an activating group) is 1. The average Bonchev–Trinajstić information content (AvgIpc) is 2.52. The number of benzene rings is 2. The van der Waals surface area contributed by atoms with Crippen LogP contribution in [0.3, 0.4) is 0 Å². The Balaban J connectivity index is 1.97. The molecular formula is C20H26N2O2. The first-order valence-electron chi connectivity index (χ1n) is 8.14. The van der Waals surface area contributed by atoms with Crippen LogP contribution in [0.15, 0.2) is 48.5 Å². The van der Waals surface area contributed by atoms with Crippen molar-refractivity contribution in [1.29, 1.82) is 0 Å². The molecule has 0 aliphatic rings. The summed E-state index contributed by atoms with van der Waals surface area (Å²) >= 11 is 0. The molecule has 4 nitrogen and oxygen atoms in total. The molecular weight excluding hydrogens is 300 g/mol. The second-order valence-electron chi connectivity index (χ2n) is 6.41. The van der Waals surface area contributed by atoms with Crippen molar-refractivity contribution >= 4 is 5.91 Å². The first-order valence-corrected chi connectivity index (χ1v) is 8.14. The Kier molecular flexibility index (Phi) is 6.38. The topological polar surface area (TPSA) is 41.6 Å². The fraction of sp³-hybridized carbons (Fsp3) is 0.350. The van der Waals surface area contributed by atoms with Crippen molar-refractivity contribution in [2.45, 2.75) is 19.9 Å². The van der Waals surface area contributed by atoms with E-state index in [2.05, 4.69) is 16.3 Å². The van der Waals surface area contributed by atoms with Gasteiger partial charge in [0.1, 0.15) is 5.75 Å². The number of hydrogen-bond donors (Lipinski definition) is 1. The van der Waals surface area contributed by atoms with Crippen molar-refractivity contribution in [3.63, 3.8) is 0 Å². The summed E-state index contributed by atoms with van der Waals surface area (Å²) in [6, 6.07) is 15.9. The lowest BCUT2D eigenvalue weighted by Gasteiger charge is -2.23. The number of aryl methyl sites for hydroxylation is 2. The van der Waals surface area contributed by atoms with Gasteiger partial charge in [0.15, 0.2) is 6.61 Å². The third-order valence-corrected chi connectivity index (χ3v) is 3.65. The number of nitrogens with one attached hydrogen (secondary N) is 1. The summed E-state index contributed by atoms with van der Waals surface area (Å²) in [6.07, 6.45) is 0. The van der Waals surface area contributed by atoms with E-state index in [9.17, 15) is 4.79 Å². The molecule has 0 fully saturated rings. The summed E-state index contributed by atoms with van der Waals surface area (Å²) in [7, 11) is 3.99. The highest BCUT2D eigenvalue weighted by molar-refractivity contribution is 5.78. The predicted octanol–water partition coefficient (Wildman–Crippen LogP) is 3.10. The molecule has 0 saturated heterocycles. The molecule has 1 N–H and O–H groups in total. The van der Waals surface area contributed by atoms with Crippen LogP contribution in [-0.2, 0) is 4.79 Å². The van der Waals surface area contributed by atoms with Crippen LogP contribution in [-0.4, -0.2) is 38.1 Å². The van der Waals surface area contributed by atoms with Crippen molar-refractivity contribution in [3.05, 3.63) is 65.2 Å². The quantitative estimate of drug-likeness (QED) is 0.850. The molecule has 2 aromatic rings. The van der Waals surface area contributed by atoms with E-state index >= 15 is 0 Å². The third kappa shape index (κ3) is 5.70. The maximum Gasteiger partial charge on any atom is 0.258 e. The minimum absolute atomic E-state index is 0.0135. The zero-order valence-electron chi connectivity index (χ0n) is 14.9. The lowest BCUT2D eigenvalue weighted by atomic mass is 10.1. The van der Waals surface area contributed by atoms with E-state index in [4.69, 9.17) is 4.74 Å². The van der Waals surface area contributed by atoms with E-state index < -0.39 is 0 Å². The van der Waals surface area contributed by atoms with Crippen LogP contribution in [0.2, 0.25) is 0 Å². The molecule has 4 heteroatoms.